The van der Waals surface area contributed by atoms with E-state index >= 15 is 0 Å². The number of amides is 1. The summed E-state index contributed by atoms with van der Waals surface area (Å²) in [6.45, 7) is 0.288. The molecular formula is C16H13N3OS. The summed E-state index contributed by atoms with van der Waals surface area (Å²) in [5.74, 6) is 5.49. The summed E-state index contributed by atoms with van der Waals surface area (Å²) in [7, 11) is 1.66. The molecule has 2 aromatic rings. The Hall–Kier alpha value is -2.60. The number of hydrogen-bond acceptors (Lipinski definition) is 4. The van der Waals surface area contributed by atoms with Crippen molar-refractivity contribution >= 4 is 22.9 Å². The summed E-state index contributed by atoms with van der Waals surface area (Å²) in [4.78, 5) is 15.3. The average molecular weight is 295 g/mol. The molecule has 0 atom stereocenters. The lowest BCUT2D eigenvalue weighted by Crippen LogP contribution is -2.26. The van der Waals surface area contributed by atoms with Gasteiger partial charge in [0.25, 0.3) is 5.91 Å². The van der Waals surface area contributed by atoms with E-state index in [1.165, 1.54) is 16.2 Å². The van der Waals surface area contributed by atoms with E-state index in [0.29, 0.717) is 16.1 Å². The Morgan fingerprint density at radius 1 is 1.33 bits per heavy atom. The molecule has 5 heteroatoms. The van der Waals surface area contributed by atoms with Crippen LogP contribution in [0.2, 0.25) is 0 Å². The first-order valence-electron chi connectivity index (χ1n) is 6.23. The van der Waals surface area contributed by atoms with E-state index in [9.17, 15) is 4.79 Å². The number of nitriles is 1. The van der Waals surface area contributed by atoms with Gasteiger partial charge >= 0.3 is 0 Å². The van der Waals surface area contributed by atoms with Crippen molar-refractivity contribution in [3.63, 3.8) is 0 Å². The van der Waals surface area contributed by atoms with E-state index < -0.39 is 0 Å². The van der Waals surface area contributed by atoms with E-state index in [0.717, 1.165) is 4.88 Å². The molecular weight excluding hydrogens is 282 g/mol. The number of carbonyl (C=O) groups is 1. The minimum Gasteiger partial charge on any atom is -0.320 e. The highest BCUT2D eigenvalue weighted by atomic mass is 32.1. The second-order valence-corrected chi connectivity index (χ2v) is 5.25. The van der Waals surface area contributed by atoms with E-state index in [4.69, 9.17) is 11.0 Å². The lowest BCUT2D eigenvalue weighted by atomic mass is 10.2. The van der Waals surface area contributed by atoms with Gasteiger partial charge in [0.2, 0.25) is 0 Å². The molecule has 1 heterocycles. The maximum Gasteiger partial charge on any atom is 0.268 e. The van der Waals surface area contributed by atoms with Gasteiger partial charge in [0.1, 0.15) is 6.07 Å². The Balaban J connectivity index is 2.27. The maximum atomic E-state index is 12.5. The highest BCUT2D eigenvalue weighted by Gasteiger charge is 2.17. The van der Waals surface area contributed by atoms with Crippen LogP contribution in [-0.4, -0.2) is 19.5 Å². The fourth-order valence-corrected chi connectivity index (χ4v) is 2.65. The normalized spacial score (nSPS) is 9.38. The minimum atomic E-state index is -0.163. The van der Waals surface area contributed by atoms with Gasteiger partial charge in [0, 0.05) is 7.05 Å². The SMILES string of the molecule is CN(C(=O)c1ccc(C#CCN)s1)c1ccccc1C#N. The fourth-order valence-electron chi connectivity index (χ4n) is 1.79. The molecule has 2 rings (SSSR count). The number of benzene rings is 1. The molecule has 0 aliphatic heterocycles. The quantitative estimate of drug-likeness (QED) is 0.864. The van der Waals surface area contributed by atoms with Gasteiger partial charge < -0.3 is 10.6 Å². The molecule has 0 bridgehead atoms. The Morgan fingerprint density at radius 2 is 2.10 bits per heavy atom. The lowest BCUT2D eigenvalue weighted by molar-refractivity contribution is 0.0997. The summed E-state index contributed by atoms with van der Waals surface area (Å²) in [5, 5.41) is 9.11. The largest absolute Gasteiger partial charge is 0.320 e. The third-order valence-electron chi connectivity index (χ3n) is 2.82. The first-order chi connectivity index (χ1) is 10.2. The number of hydrogen-bond donors (Lipinski definition) is 1. The van der Waals surface area contributed by atoms with Crippen LogP contribution in [0.1, 0.15) is 20.1 Å². The van der Waals surface area contributed by atoms with E-state index in [1.807, 2.05) is 0 Å². The predicted octanol–water partition coefficient (Wildman–Crippen LogP) is 2.21. The molecule has 21 heavy (non-hydrogen) atoms. The van der Waals surface area contributed by atoms with Crippen LogP contribution in [0.25, 0.3) is 0 Å². The second kappa shape index (κ2) is 6.71. The van der Waals surface area contributed by atoms with Gasteiger partial charge in [0.15, 0.2) is 0 Å². The number of thiophene rings is 1. The highest BCUT2D eigenvalue weighted by molar-refractivity contribution is 7.14. The molecule has 0 spiro atoms. The fraction of sp³-hybridized carbons (Fsp3) is 0.125. The lowest BCUT2D eigenvalue weighted by Gasteiger charge is -2.17. The predicted molar refractivity (Wildman–Crippen MR) is 84.1 cm³/mol. The topological polar surface area (TPSA) is 70.1 Å². The van der Waals surface area contributed by atoms with Gasteiger partial charge in [-0.2, -0.15) is 5.26 Å². The molecule has 2 N–H and O–H groups in total. The average Bonchev–Trinajstić information content (AvgIpc) is 3.00. The van der Waals surface area contributed by atoms with Crippen molar-refractivity contribution in [1.82, 2.24) is 0 Å². The smallest absolute Gasteiger partial charge is 0.268 e. The van der Waals surface area contributed by atoms with Crippen LogP contribution in [-0.2, 0) is 0 Å². The van der Waals surface area contributed by atoms with Crippen LogP contribution in [0.15, 0.2) is 36.4 Å². The van der Waals surface area contributed by atoms with Gasteiger partial charge in [-0.15, -0.1) is 11.3 Å². The highest BCUT2D eigenvalue weighted by Crippen LogP contribution is 2.23. The Kier molecular flexibility index (Phi) is 4.73. The molecule has 1 aromatic heterocycles. The van der Waals surface area contributed by atoms with Crippen molar-refractivity contribution in [3.8, 4) is 17.9 Å². The molecule has 0 saturated heterocycles. The van der Waals surface area contributed by atoms with Crippen molar-refractivity contribution in [1.29, 1.82) is 5.26 Å². The molecule has 1 amide bonds. The maximum absolute atomic E-state index is 12.5. The van der Waals surface area contributed by atoms with Gasteiger partial charge in [0.05, 0.1) is 27.5 Å². The third-order valence-corrected chi connectivity index (χ3v) is 3.81. The molecule has 0 saturated carbocycles. The number of carbonyl (C=O) groups excluding carboxylic acids is 1. The number of anilines is 1. The zero-order chi connectivity index (χ0) is 15.2. The van der Waals surface area contributed by atoms with Crippen molar-refractivity contribution < 1.29 is 4.79 Å². The van der Waals surface area contributed by atoms with Crippen LogP contribution >= 0.6 is 11.3 Å². The molecule has 0 fully saturated rings. The first kappa shape index (κ1) is 14.8. The Bertz CT molecular complexity index is 762. The molecule has 104 valence electrons. The number of rotatable bonds is 2. The summed E-state index contributed by atoms with van der Waals surface area (Å²) in [6, 6.07) is 12.6. The van der Waals surface area contributed by atoms with Crippen molar-refractivity contribution in [2.75, 3.05) is 18.5 Å². The molecule has 0 aliphatic carbocycles. The Labute approximate surface area is 127 Å². The van der Waals surface area contributed by atoms with Gasteiger partial charge in [-0.25, -0.2) is 0 Å². The summed E-state index contributed by atoms with van der Waals surface area (Å²) in [5.41, 5.74) is 6.38. The number of nitrogens with two attached hydrogens (primary N) is 1. The Morgan fingerprint density at radius 3 is 2.81 bits per heavy atom. The zero-order valence-electron chi connectivity index (χ0n) is 11.5. The van der Waals surface area contributed by atoms with E-state index in [2.05, 4.69) is 17.9 Å². The molecule has 1 aromatic carbocycles. The van der Waals surface area contributed by atoms with Crippen molar-refractivity contribution in [2.24, 2.45) is 5.73 Å². The van der Waals surface area contributed by atoms with Gasteiger partial charge in [-0.3, -0.25) is 4.79 Å². The first-order valence-corrected chi connectivity index (χ1v) is 7.05. The van der Waals surface area contributed by atoms with Crippen LogP contribution in [0.4, 0.5) is 5.69 Å². The molecule has 4 nitrogen and oxygen atoms in total. The zero-order valence-corrected chi connectivity index (χ0v) is 12.3. The number of para-hydroxylation sites is 1. The standard InChI is InChI=1S/C16H13N3OS/c1-19(14-7-3-2-5-12(14)11-18)16(20)15-9-8-13(21-15)6-4-10-17/h2-3,5,7-9H,10,17H2,1H3. The summed E-state index contributed by atoms with van der Waals surface area (Å²) >= 11 is 1.31. The number of nitrogens with zero attached hydrogens (tertiary/aromatic N) is 2. The molecule has 0 aliphatic rings. The van der Waals surface area contributed by atoms with Crippen LogP contribution < -0.4 is 10.6 Å². The summed E-state index contributed by atoms with van der Waals surface area (Å²) < 4.78 is 0. The van der Waals surface area contributed by atoms with Crippen LogP contribution in [0.5, 0.6) is 0 Å². The minimum absolute atomic E-state index is 0.163. The van der Waals surface area contributed by atoms with E-state index in [1.54, 1.807) is 43.4 Å². The summed E-state index contributed by atoms with van der Waals surface area (Å²) in [6.07, 6.45) is 0. The van der Waals surface area contributed by atoms with Gasteiger partial charge in [-0.05, 0) is 24.3 Å². The monoisotopic (exact) mass is 295 g/mol. The molecule has 0 radical (unpaired) electrons. The third kappa shape index (κ3) is 3.29. The van der Waals surface area contributed by atoms with Gasteiger partial charge in [-0.1, -0.05) is 24.0 Å². The van der Waals surface area contributed by atoms with E-state index in [-0.39, 0.29) is 12.5 Å². The van der Waals surface area contributed by atoms with Crippen LogP contribution in [0.3, 0.4) is 0 Å². The van der Waals surface area contributed by atoms with Crippen LogP contribution in [0, 0.1) is 23.2 Å². The second-order valence-electron chi connectivity index (χ2n) is 4.16. The van der Waals surface area contributed by atoms with Crippen molar-refractivity contribution in [3.05, 3.63) is 51.7 Å². The van der Waals surface area contributed by atoms with Crippen molar-refractivity contribution in [2.45, 2.75) is 0 Å². The molecule has 0 unspecified atom stereocenters.